The van der Waals surface area contributed by atoms with Crippen LogP contribution in [0.3, 0.4) is 0 Å². The van der Waals surface area contributed by atoms with Crippen molar-refractivity contribution in [1.82, 2.24) is 0 Å². The Labute approximate surface area is 204 Å². The first-order chi connectivity index (χ1) is 16.5. The largest absolute Gasteiger partial charge is 0.506 e. The average Bonchev–Trinajstić information content (AvgIpc) is 2.84. The molecule has 1 unspecified atom stereocenters. The molecule has 0 saturated heterocycles. The summed E-state index contributed by atoms with van der Waals surface area (Å²) >= 11 is 0. The minimum atomic E-state index is -0.364. The third kappa shape index (κ3) is 7.07. The number of aromatic hydroxyl groups is 1. The second-order valence-electron chi connectivity index (χ2n) is 9.30. The van der Waals surface area contributed by atoms with Crippen molar-refractivity contribution in [3.63, 3.8) is 0 Å². The van der Waals surface area contributed by atoms with E-state index < -0.39 is 0 Å². The minimum Gasteiger partial charge on any atom is -0.506 e. The van der Waals surface area contributed by atoms with Crippen molar-refractivity contribution in [3.05, 3.63) is 71.8 Å². The van der Waals surface area contributed by atoms with Gasteiger partial charge in [-0.15, -0.1) is 0 Å². The number of benzene rings is 3. The summed E-state index contributed by atoms with van der Waals surface area (Å²) in [5, 5.41) is 13.8. The molecule has 0 aliphatic heterocycles. The molecule has 3 rings (SSSR count). The molecule has 0 saturated carbocycles. The molecule has 4 heteroatoms. The normalized spacial score (nSPS) is 12.1. The number of amides is 1. The smallest absolute Gasteiger partial charge is 0.285 e. The first-order valence-electron chi connectivity index (χ1n) is 12.8. The van der Waals surface area contributed by atoms with E-state index in [1.807, 2.05) is 68.4 Å². The van der Waals surface area contributed by atoms with Gasteiger partial charge in [-0.05, 0) is 49.4 Å². The molecule has 0 aliphatic carbocycles. The molecule has 34 heavy (non-hydrogen) atoms. The highest BCUT2D eigenvalue weighted by atomic mass is 16.7. The fourth-order valence-electron chi connectivity index (χ4n) is 4.32. The van der Waals surface area contributed by atoms with Crippen LogP contribution in [0.25, 0.3) is 10.8 Å². The summed E-state index contributed by atoms with van der Waals surface area (Å²) in [6.07, 6.45) is 10.8. The molecular weight excluding hydrogens is 422 g/mol. The first-order valence-corrected chi connectivity index (χ1v) is 12.8. The van der Waals surface area contributed by atoms with E-state index in [0.717, 1.165) is 23.8 Å². The number of phenols is 1. The molecule has 0 aliphatic rings. The molecule has 0 bridgehead atoms. The second kappa shape index (κ2) is 13.1. The van der Waals surface area contributed by atoms with E-state index in [4.69, 9.17) is 4.84 Å². The van der Waals surface area contributed by atoms with E-state index in [1.165, 1.54) is 50.0 Å². The van der Waals surface area contributed by atoms with E-state index in [-0.39, 0.29) is 23.3 Å². The lowest BCUT2D eigenvalue weighted by Gasteiger charge is -2.26. The second-order valence-corrected chi connectivity index (χ2v) is 9.30. The highest BCUT2D eigenvalue weighted by Gasteiger charge is 2.25. The van der Waals surface area contributed by atoms with Crippen molar-refractivity contribution >= 4 is 22.4 Å². The van der Waals surface area contributed by atoms with Crippen LogP contribution in [-0.4, -0.2) is 17.1 Å². The lowest BCUT2D eigenvalue weighted by molar-refractivity contribution is 0.0305. The molecule has 3 aromatic rings. The van der Waals surface area contributed by atoms with Gasteiger partial charge in [-0.2, -0.15) is 5.06 Å². The fraction of sp³-hybridized carbons (Fsp3) is 0.433. The molecule has 3 aromatic carbocycles. The van der Waals surface area contributed by atoms with Crippen molar-refractivity contribution in [2.24, 2.45) is 0 Å². The van der Waals surface area contributed by atoms with Crippen LogP contribution >= 0.6 is 0 Å². The van der Waals surface area contributed by atoms with Crippen molar-refractivity contribution in [2.45, 2.75) is 84.7 Å². The molecule has 4 nitrogen and oxygen atoms in total. The molecule has 1 N–H and O–H groups in total. The van der Waals surface area contributed by atoms with E-state index in [2.05, 4.69) is 6.92 Å². The monoisotopic (exact) mass is 461 g/mol. The van der Waals surface area contributed by atoms with Crippen molar-refractivity contribution < 1.29 is 14.7 Å². The summed E-state index contributed by atoms with van der Waals surface area (Å²) in [5.74, 6) is -0.378. The van der Waals surface area contributed by atoms with Gasteiger partial charge < -0.3 is 5.11 Å². The average molecular weight is 462 g/mol. The molecule has 0 radical (unpaired) electrons. The maximum absolute atomic E-state index is 13.6. The third-order valence-electron chi connectivity index (χ3n) is 6.30. The maximum Gasteiger partial charge on any atom is 0.285 e. The van der Waals surface area contributed by atoms with Crippen LogP contribution in [0.15, 0.2) is 60.7 Å². The molecular formula is C30H39NO3. The number of hydrogen-bond acceptors (Lipinski definition) is 3. The highest BCUT2D eigenvalue weighted by Crippen LogP contribution is 2.31. The van der Waals surface area contributed by atoms with E-state index in [1.54, 1.807) is 6.07 Å². The van der Waals surface area contributed by atoms with Gasteiger partial charge in [-0.25, -0.2) is 0 Å². The summed E-state index contributed by atoms with van der Waals surface area (Å²) in [6, 6.07) is 18.8. The number of rotatable bonds is 13. The number of hydrogen-bond donors (Lipinski definition) is 1. The lowest BCUT2D eigenvalue weighted by atomic mass is 10.0. The number of nitrogens with zero attached hydrogens (tertiary/aromatic N) is 1. The lowest BCUT2D eigenvalue weighted by Crippen LogP contribution is -2.34. The topological polar surface area (TPSA) is 49.8 Å². The summed E-state index contributed by atoms with van der Waals surface area (Å²) in [6.45, 7) is 6.24. The SMILES string of the molecule is CCCCCCCCCCC(C)ON(C(=O)c1ccc2ccccc2c1O)c1cccc(C)c1. The Morgan fingerprint density at radius 3 is 2.35 bits per heavy atom. The molecule has 0 spiro atoms. The molecule has 0 aromatic heterocycles. The Morgan fingerprint density at radius 1 is 0.912 bits per heavy atom. The number of anilines is 1. The number of phenolic OH excluding ortho intramolecular Hbond substituents is 1. The van der Waals surface area contributed by atoms with Crippen molar-refractivity contribution in [3.8, 4) is 5.75 Å². The Bertz CT molecular complexity index is 1060. The van der Waals surface area contributed by atoms with Crippen LogP contribution in [0.1, 0.15) is 87.6 Å². The predicted octanol–water partition coefficient (Wildman–Crippen LogP) is 8.35. The zero-order valence-electron chi connectivity index (χ0n) is 20.9. The number of aryl methyl sites for hydroxylation is 1. The van der Waals surface area contributed by atoms with Gasteiger partial charge in [0, 0.05) is 5.39 Å². The summed E-state index contributed by atoms with van der Waals surface area (Å²) in [4.78, 5) is 19.8. The zero-order valence-corrected chi connectivity index (χ0v) is 20.9. The first kappa shape index (κ1) is 25.8. The van der Waals surface area contributed by atoms with Gasteiger partial charge in [0.1, 0.15) is 5.75 Å². The number of unbranched alkanes of at least 4 members (excludes halogenated alkanes) is 7. The van der Waals surface area contributed by atoms with E-state index in [0.29, 0.717) is 11.1 Å². The zero-order chi connectivity index (χ0) is 24.3. The van der Waals surface area contributed by atoms with Crippen molar-refractivity contribution in [1.29, 1.82) is 0 Å². The van der Waals surface area contributed by atoms with E-state index in [9.17, 15) is 9.90 Å². The summed E-state index contributed by atoms with van der Waals surface area (Å²) in [5.41, 5.74) is 1.94. The van der Waals surface area contributed by atoms with Gasteiger partial charge in [-0.1, -0.05) is 101 Å². The Hall–Kier alpha value is -2.85. The van der Waals surface area contributed by atoms with Crippen LogP contribution < -0.4 is 5.06 Å². The Balaban J connectivity index is 1.69. The highest BCUT2D eigenvalue weighted by molar-refractivity contribution is 6.10. The van der Waals surface area contributed by atoms with Gasteiger partial charge >= 0.3 is 0 Å². The van der Waals surface area contributed by atoms with Gasteiger partial charge in [0.05, 0.1) is 17.4 Å². The summed E-state index contributed by atoms with van der Waals surface area (Å²) in [7, 11) is 0. The summed E-state index contributed by atoms with van der Waals surface area (Å²) < 4.78 is 0. The molecule has 1 amide bonds. The molecule has 182 valence electrons. The van der Waals surface area contributed by atoms with Crippen LogP contribution in [0.2, 0.25) is 0 Å². The van der Waals surface area contributed by atoms with Gasteiger partial charge in [0.25, 0.3) is 5.91 Å². The molecule has 1 atom stereocenters. The van der Waals surface area contributed by atoms with E-state index >= 15 is 0 Å². The number of carbonyl (C=O) groups is 1. The third-order valence-corrected chi connectivity index (χ3v) is 6.30. The van der Waals surface area contributed by atoms with Gasteiger partial charge in [0.2, 0.25) is 0 Å². The fourth-order valence-corrected chi connectivity index (χ4v) is 4.32. The Morgan fingerprint density at radius 2 is 1.62 bits per heavy atom. The Kier molecular flexibility index (Phi) is 9.96. The van der Waals surface area contributed by atoms with Crippen LogP contribution in [0.5, 0.6) is 5.75 Å². The predicted molar refractivity (Wildman–Crippen MR) is 141 cm³/mol. The number of fused-ring (bicyclic) bond motifs is 1. The standard InChI is InChI=1S/C30H39NO3/c1-4-5-6-7-8-9-10-11-16-24(3)34-31(26-18-14-15-23(2)22-26)30(33)28-21-20-25-17-12-13-19-27(25)29(28)32/h12-15,17-22,24,32H,4-11,16H2,1-3H3. The minimum absolute atomic E-state index is 0.0138. The van der Waals surface area contributed by atoms with Gasteiger partial charge in [0.15, 0.2) is 0 Å². The van der Waals surface area contributed by atoms with Crippen molar-refractivity contribution in [2.75, 3.05) is 5.06 Å². The molecule has 0 fully saturated rings. The van der Waals surface area contributed by atoms with Crippen LogP contribution in [-0.2, 0) is 4.84 Å². The van der Waals surface area contributed by atoms with Crippen LogP contribution in [0.4, 0.5) is 5.69 Å². The van der Waals surface area contributed by atoms with Crippen LogP contribution in [0, 0.1) is 6.92 Å². The van der Waals surface area contributed by atoms with Gasteiger partial charge in [-0.3, -0.25) is 9.63 Å². The quantitative estimate of drug-likeness (QED) is 0.205. The molecule has 0 heterocycles. The number of carbonyl (C=O) groups excluding carboxylic acids is 1. The maximum atomic E-state index is 13.6. The number of hydroxylamine groups is 1.